The molecule has 3 rings (SSSR count). The number of anilines is 1. The number of hydrogen-bond donors (Lipinski definition) is 1. The van der Waals surface area contributed by atoms with Gasteiger partial charge in [0.05, 0.1) is 10.7 Å². The summed E-state index contributed by atoms with van der Waals surface area (Å²) >= 11 is 5.92. The highest BCUT2D eigenvalue weighted by Crippen LogP contribution is 2.37. The summed E-state index contributed by atoms with van der Waals surface area (Å²) in [6, 6.07) is 9.63. The van der Waals surface area contributed by atoms with Crippen molar-refractivity contribution in [3.05, 3.63) is 47.0 Å². The van der Waals surface area contributed by atoms with E-state index in [1.807, 2.05) is 0 Å². The first-order valence-corrected chi connectivity index (χ1v) is 8.59. The highest BCUT2D eigenvalue weighted by atomic mass is 35.5. The van der Waals surface area contributed by atoms with Gasteiger partial charge < -0.3 is 24.3 Å². The first-order valence-electron chi connectivity index (χ1n) is 8.21. The zero-order chi connectivity index (χ0) is 20.1. The Morgan fingerprint density at radius 1 is 1.11 bits per heavy atom. The second kappa shape index (κ2) is 8.62. The Balaban J connectivity index is 1.54. The van der Waals surface area contributed by atoms with E-state index in [2.05, 4.69) is 5.32 Å². The molecule has 1 aliphatic rings. The van der Waals surface area contributed by atoms with E-state index in [-0.39, 0.29) is 23.8 Å². The van der Waals surface area contributed by atoms with Crippen molar-refractivity contribution >= 4 is 34.9 Å². The first-order chi connectivity index (χ1) is 13.4. The lowest BCUT2D eigenvalue weighted by atomic mass is 10.1. The van der Waals surface area contributed by atoms with Crippen molar-refractivity contribution < 1.29 is 33.3 Å². The van der Waals surface area contributed by atoms with Crippen LogP contribution in [0.15, 0.2) is 36.4 Å². The second-order valence-electron chi connectivity index (χ2n) is 5.74. The lowest BCUT2D eigenvalue weighted by Crippen LogP contribution is -2.24. The molecule has 8 nitrogen and oxygen atoms in total. The molecule has 0 atom stereocenters. The van der Waals surface area contributed by atoms with E-state index in [4.69, 9.17) is 30.5 Å². The predicted molar refractivity (Wildman–Crippen MR) is 99.1 cm³/mol. The van der Waals surface area contributed by atoms with Crippen LogP contribution in [-0.2, 0) is 14.3 Å². The maximum absolute atomic E-state index is 12.1. The van der Waals surface area contributed by atoms with E-state index < -0.39 is 25.1 Å². The van der Waals surface area contributed by atoms with Crippen LogP contribution in [0.2, 0.25) is 5.02 Å². The molecular weight excluding hydrogens is 390 g/mol. The summed E-state index contributed by atoms with van der Waals surface area (Å²) in [7, 11) is 0. The molecule has 1 heterocycles. The Kier molecular flexibility index (Phi) is 6.00. The number of benzene rings is 2. The minimum Gasteiger partial charge on any atom is -0.480 e. The third kappa shape index (κ3) is 4.72. The first kappa shape index (κ1) is 19.5. The minimum atomic E-state index is -0.743. The maximum atomic E-state index is 12.1. The number of esters is 1. The molecule has 1 amide bonds. The van der Waals surface area contributed by atoms with Crippen molar-refractivity contribution in [2.75, 3.05) is 25.3 Å². The molecule has 1 N–H and O–H groups in total. The maximum Gasteiger partial charge on any atom is 0.344 e. The van der Waals surface area contributed by atoms with Crippen molar-refractivity contribution in [3.63, 3.8) is 0 Å². The molecule has 0 saturated carbocycles. The number of halogens is 1. The number of ketones is 1. The number of fused-ring (bicyclic) bond motifs is 1. The van der Waals surface area contributed by atoms with Gasteiger partial charge in [0, 0.05) is 11.6 Å². The summed E-state index contributed by atoms with van der Waals surface area (Å²) in [4.78, 5) is 35.6. The van der Waals surface area contributed by atoms with E-state index >= 15 is 0 Å². The molecule has 0 spiro atoms. The summed E-state index contributed by atoms with van der Waals surface area (Å²) in [5.74, 6) is -0.465. The smallest absolute Gasteiger partial charge is 0.344 e. The van der Waals surface area contributed by atoms with Gasteiger partial charge in [-0.3, -0.25) is 9.59 Å². The number of rotatable bonds is 7. The van der Waals surface area contributed by atoms with Crippen molar-refractivity contribution in [2.24, 2.45) is 0 Å². The van der Waals surface area contributed by atoms with Crippen LogP contribution in [0.3, 0.4) is 0 Å². The number of ether oxygens (including phenoxy) is 4. The van der Waals surface area contributed by atoms with Crippen LogP contribution in [-0.4, -0.2) is 37.7 Å². The van der Waals surface area contributed by atoms with Gasteiger partial charge in [-0.05, 0) is 25.1 Å². The number of hydrogen-bond acceptors (Lipinski definition) is 7. The highest BCUT2D eigenvalue weighted by Gasteiger charge is 2.20. The van der Waals surface area contributed by atoms with Crippen molar-refractivity contribution in [2.45, 2.75) is 6.92 Å². The topological polar surface area (TPSA) is 100 Å². The van der Waals surface area contributed by atoms with E-state index in [1.54, 1.807) is 24.3 Å². The van der Waals surface area contributed by atoms with Crippen LogP contribution in [0, 0.1) is 0 Å². The molecule has 0 fully saturated rings. The standard InChI is InChI=1S/C19H16ClNO7/c1-11(22)12-6-16-17(28-10-27-16)7-14(12)21-18(23)8-26-19(24)9-25-15-5-3-2-4-13(15)20/h2-7H,8-10H2,1H3,(H,21,23). The predicted octanol–water partition coefficient (Wildman–Crippen LogP) is 2.83. The van der Waals surface area contributed by atoms with Gasteiger partial charge >= 0.3 is 5.97 Å². The molecule has 2 aromatic carbocycles. The van der Waals surface area contributed by atoms with Crippen LogP contribution >= 0.6 is 11.6 Å². The Morgan fingerprint density at radius 2 is 1.82 bits per heavy atom. The van der Waals surface area contributed by atoms with Gasteiger partial charge in [-0.25, -0.2) is 4.79 Å². The van der Waals surface area contributed by atoms with Gasteiger partial charge in [0.15, 0.2) is 30.5 Å². The van der Waals surface area contributed by atoms with Gasteiger partial charge in [-0.2, -0.15) is 0 Å². The molecule has 0 aliphatic carbocycles. The Labute approximate surface area is 165 Å². The molecule has 0 saturated heterocycles. The Bertz CT molecular complexity index is 928. The third-order valence-corrected chi connectivity index (χ3v) is 4.02. The van der Waals surface area contributed by atoms with E-state index in [0.717, 1.165) is 0 Å². The lowest BCUT2D eigenvalue weighted by Gasteiger charge is -2.11. The SMILES string of the molecule is CC(=O)c1cc2c(cc1NC(=O)COC(=O)COc1ccccc1Cl)OCO2. The zero-order valence-corrected chi connectivity index (χ0v) is 15.6. The van der Waals surface area contributed by atoms with Crippen LogP contribution in [0.1, 0.15) is 17.3 Å². The van der Waals surface area contributed by atoms with Crippen LogP contribution < -0.4 is 19.5 Å². The van der Waals surface area contributed by atoms with Crippen molar-refractivity contribution in [1.29, 1.82) is 0 Å². The molecule has 1 aliphatic heterocycles. The molecule has 0 bridgehead atoms. The summed E-state index contributed by atoms with van der Waals surface area (Å²) in [6.07, 6.45) is 0. The number of nitrogens with one attached hydrogen (secondary N) is 1. The number of amides is 1. The molecule has 28 heavy (non-hydrogen) atoms. The number of Topliss-reactive ketones (excluding diaryl/α,β-unsaturated/α-hetero) is 1. The molecule has 9 heteroatoms. The fraction of sp³-hybridized carbons (Fsp3) is 0.211. The van der Waals surface area contributed by atoms with Gasteiger partial charge in [-0.15, -0.1) is 0 Å². The van der Waals surface area contributed by atoms with Crippen molar-refractivity contribution in [3.8, 4) is 17.2 Å². The summed E-state index contributed by atoms with van der Waals surface area (Å²) in [5, 5.41) is 2.88. The Hall–Kier alpha value is -3.26. The van der Waals surface area contributed by atoms with Crippen LogP contribution in [0.4, 0.5) is 5.69 Å². The fourth-order valence-electron chi connectivity index (χ4n) is 2.41. The quantitative estimate of drug-likeness (QED) is 0.558. The molecular formula is C19H16ClNO7. The molecule has 146 valence electrons. The summed E-state index contributed by atoms with van der Waals surface area (Å²) < 4.78 is 20.6. The molecule has 0 unspecified atom stereocenters. The van der Waals surface area contributed by atoms with E-state index in [1.165, 1.54) is 19.1 Å². The van der Waals surface area contributed by atoms with Crippen molar-refractivity contribution in [1.82, 2.24) is 0 Å². The summed E-state index contributed by atoms with van der Waals surface area (Å²) in [5.41, 5.74) is 0.496. The number of carbonyl (C=O) groups is 3. The van der Waals surface area contributed by atoms with Gasteiger partial charge in [0.25, 0.3) is 5.91 Å². The van der Waals surface area contributed by atoms with Crippen LogP contribution in [0.5, 0.6) is 17.2 Å². The molecule has 0 radical (unpaired) electrons. The third-order valence-electron chi connectivity index (χ3n) is 3.71. The largest absolute Gasteiger partial charge is 0.480 e. The fourth-order valence-corrected chi connectivity index (χ4v) is 2.60. The van der Waals surface area contributed by atoms with E-state index in [9.17, 15) is 14.4 Å². The average molecular weight is 406 g/mol. The van der Waals surface area contributed by atoms with Gasteiger partial charge in [0.2, 0.25) is 6.79 Å². The summed E-state index contributed by atoms with van der Waals surface area (Å²) in [6.45, 7) is 0.447. The Morgan fingerprint density at radius 3 is 2.54 bits per heavy atom. The van der Waals surface area contributed by atoms with Gasteiger partial charge in [-0.1, -0.05) is 23.7 Å². The van der Waals surface area contributed by atoms with E-state index in [0.29, 0.717) is 22.3 Å². The molecule has 0 aromatic heterocycles. The van der Waals surface area contributed by atoms with Gasteiger partial charge in [0.1, 0.15) is 5.75 Å². The highest BCUT2D eigenvalue weighted by molar-refractivity contribution is 6.32. The normalized spacial score (nSPS) is 11.6. The second-order valence-corrected chi connectivity index (χ2v) is 6.14. The monoisotopic (exact) mass is 405 g/mol. The minimum absolute atomic E-state index is 0.0348. The van der Waals surface area contributed by atoms with Crippen LogP contribution in [0.25, 0.3) is 0 Å². The zero-order valence-electron chi connectivity index (χ0n) is 14.8. The lowest BCUT2D eigenvalue weighted by molar-refractivity contribution is -0.149. The molecule has 2 aromatic rings. The number of para-hydroxylation sites is 1. The average Bonchev–Trinajstić information content (AvgIpc) is 3.12. The number of carbonyl (C=O) groups excluding carboxylic acids is 3.